The quantitative estimate of drug-likeness (QED) is 0.498. The number of aryl methyl sites for hydroxylation is 1. The number of rotatable bonds is 4. The largest absolute Gasteiger partial charge is 0.479 e. The van der Waals surface area contributed by atoms with Gasteiger partial charge < -0.3 is 19.3 Å². The van der Waals surface area contributed by atoms with Crippen molar-refractivity contribution in [3.63, 3.8) is 0 Å². The highest BCUT2D eigenvalue weighted by Crippen LogP contribution is 2.48. The molecule has 0 spiro atoms. The highest BCUT2D eigenvalue weighted by atomic mass is 35.5. The van der Waals surface area contributed by atoms with Crippen LogP contribution in [0, 0.1) is 13.8 Å². The molecule has 0 amide bonds. The Morgan fingerprint density at radius 3 is 2.41 bits per heavy atom. The summed E-state index contributed by atoms with van der Waals surface area (Å²) < 4.78 is 8.52. The van der Waals surface area contributed by atoms with E-state index in [2.05, 4.69) is 36.4 Å². The van der Waals surface area contributed by atoms with E-state index in [-0.39, 0.29) is 6.04 Å². The van der Waals surface area contributed by atoms with Crippen molar-refractivity contribution in [1.29, 1.82) is 0 Å². The summed E-state index contributed by atoms with van der Waals surface area (Å²) in [7, 11) is 2.09. The summed E-state index contributed by atoms with van der Waals surface area (Å²) in [6.45, 7) is 12.9. The van der Waals surface area contributed by atoms with E-state index in [1.165, 1.54) is 0 Å². The van der Waals surface area contributed by atoms with Crippen molar-refractivity contribution >= 4 is 34.2 Å². The summed E-state index contributed by atoms with van der Waals surface area (Å²) in [6.07, 6.45) is -1.10. The molecule has 0 bridgehead atoms. The molecule has 1 aliphatic rings. The minimum atomic E-state index is -1.10. The maximum atomic E-state index is 12.6. The van der Waals surface area contributed by atoms with Crippen LogP contribution < -0.4 is 4.90 Å². The Kier molecular flexibility index (Phi) is 5.54. The molecule has 0 unspecified atom stereocenters. The molecular weight excluding hydrogens is 424 g/mol. The van der Waals surface area contributed by atoms with Crippen LogP contribution in [0.3, 0.4) is 0 Å². The van der Waals surface area contributed by atoms with Gasteiger partial charge in [0, 0.05) is 41.3 Å². The van der Waals surface area contributed by atoms with Crippen molar-refractivity contribution in [2.75, 3.05) is 11.9 Å². The maximum Gasteiger partial charge on any atom is 0.337 e. The summed E-state index contributed by atoms with van der Waals surface area (Å²) in [5.74, 6) is -0.993. The molecule has 0 saturated carbocycles. The predicted octanol–water partition coefficient (Wildman–Crippen LogP) is 6.36. The Bertz CT molecular complexity index is 1210. The van der Waals surface area contributed by atoms with Gasteiger partial charge in [0.25, 0.3) is 0 Å². The van der Waals surface area contributed by atoms with Crippen LogP contribution in [-0.2, 0) is 16.1 Å². The molecule has 3 aromatic rings. The van der Waals surface area contributed by atoms with Gasteiger partial charge in [-0.05, 0) is 76.4 Å². The number of aromatic nitrogens is 1. The third kappa shape index (κ3) is 3.67. The molecule has 6 heteroatoms. The van der Waals surface area contributed by atoms with Crippen LogP contribution in [0.5, 0.6) is 0 Å². The number of hydrogen-bond acceptors (Lipinski definition) is 3. The van der Waals surface area contributed by atoms with Crippen LogP contribution >= 0.6 is 11.6 Å². The molecule has 2 heterocycles. The maximum absolute atomic E-state index is 12.6. The Balaban J connectivity index is 2.17. The lowest BCUT2D eigenvalue weighted by molar-refractivity contribution is -0.160. The average Bonchev–Trinajstić information content (AvgIpc) is 3.01. The van der Waals surface area contributed by atoms with Crippen LogP contribution in [0.1, 0.15) is 50.6 Å². The van der Waals surface area contributed by atoms with E-state index in [4.69, 9.17) is 16.3 Å². The number of benzene rings is 2. The highest BCUT2D eigenvalue weighted by Gasteiger charge is 2.36. The van der Waals surface area contributed by atoms with E-state index in [0.29, 0.717) is 10.6 Å². The molecule has 2 aromatic carbocycles. The zero-order valence-corrected chi connectivity index (χ0v) is 20.5. The zero-order valence-electron chi connectivity index (χ0n) is 19.8. The van der Waals surface area contributed by atoms with Crippen molar-refractivity contribution in [3.05, 3.63) is 52.2 Å². The van der Waals surface area contributed by atoms with Crippen LogP contribution in [0.4, 0.5) is 5.69 Å². The molecule has 2 atom stereocenters. The molecule has 4 rings (SSSR count). The Hall–Kier alpha value is -2.50. The van der Waals surface area contributed by atoms with E-state index in [1.807, 2.05) is 52.0 Å². The van der Waals surface area contributed by atoms with Gasteiger partial charge in [-0.3, -0.25) is 0 Å². The van der Waals surface area contributed by atoms with E-state index in [0.717, 1.165) is 45.5 Å². The lowest BCUT2D eigenvalue weighted by atomic mass is 9.87. The topological polar surface area (TPSA) is 54.7 Å². The van der Waals surface area contributed by atoms with Crippen LogP contribution in [0.25, 0.3) is 22.0 Å². The lowest BCUT2D eigenvalue weighted by Gasteiger charge is -2.37. The summed E-state index contributed by atoms with van der Waals surface area (Å²) in [6, 6.07) is 10.1. The number of carboxylic acid groups (broad SMARTS) is 1. The minimum absolute atomic E-state index is 0.288. The summed E-state index contributed by atoms with van der Waals surface area (Å²) in [5, 5.41) is 12.0. The van der Waals surface area contributed by atoms with Gasteiger partial charge in [-0.1, -0.05) is 23.7 Å². The van der Waals surface area contributed by atoms with Crippen molar-refractivity contribution < 1.29 is 14.6 Å². The van der Waals surface area contributed by atoms with Gasteiger partial charge in [0.15, 0.2) is 6.10 Å². The van der Waals surface area contributed by atoms with Gasteiger partial charge in [-0.2, -0.15) is 0 Å². The van der Waals surface area contributed by atoms with Gasteiger partial charge in [0.1, 0.15) is 0 Å². The fourth-order valence-electron chi connectivity index (χ4n) is 4.88. The minimum Gasteiger partial charge on any atom is -0.479 e. The molecule has 0 radical (unpaired) electrons. The molecule has 1 N–H and O–H groups in total. The molecule has 32 heavy (non-hydrogen) atoms. The van der Waals surface area contributed by atoms with Gasteiger partial charge in [-0.25, -0.2) is 4.79 Å². The fourth-order valence-corrected chi connectivity index (χ4v) is 5.00. The van der Waals surface area contributed by atoms with E-state index in [9.17, 15) is 9.90 Å². The lowest BCUT2D eigenvalue weighted by Crippen LogP contribution is -2.38. The Labute approximate surface area is 194 Å². The van der Waals surface area contributed by atoms with Crippen LogP contribution in [0.2, 0.25) is 5.02 Å². The summed E-state index contributed by atoms with van der Waals surface area (Å²) in [5.41, 5.74) is 6.23. The molecule has 170 valence electrons. The van der Waals surface area contributed by atoms with Crippen LogP contribution in [0.15, 0.2) is 30.3 Å². The Morgan fingerprint density at radius 1 is 1.22 bits per heavy atom. The van der Waals surface area contributed by atoms with Crippen molar-refractivity contribution in [1.82, 2.24) is 4.57 Å². The average molecular weight is 455 g/mol. The second-order valence-corrected chi connectivity index (χ2v) is 10.3. The molecule has 1 aromatic heterocycles. The third-order valence-electron chi connectivity index (χ3n) is 6.38. The first-order valence-corrected chi connectivity index (χ1v) is 11.3. The van der Waals surface area contributed by atoms with E-state index >= 15 is 0 Å². The van der Waals surface area contributed by atoms with Crippen molar-refractivity contribution in [2.45, 2.75) is 65.8 Å². The summed E-state index contributed by atoms with van der Waals surface area (Å²) >= 11 is 6.18. The number of carbonyl (C=O) groups is 1. The fraction of sp³-hybridized carbons (Fsp3) is 0.423. The monoisotopic (exact) mass is 454 g/mol. The second kappa shape index (κ2) is 7.82. The van der Waals surface area contributed by atoms with Crippen molar-refractivity contribution in [2.24, 2.45) is 0 Å². The van der Waals surface area contributed by atoms with Crippen LogP contribution in [-0.4, -0.2) is 34.3 Å². The standard InChI is InChI=1S/C26H31ClN2O3/c1-14-12-19-21(17-8-10-18(27)11-9-17)20(24(25(30)31)32-26(4,5)6)16(3)22-23(19)29(14)13-15(2)28(22)7/h8-12,15,24H,13H2,1-7H3,(H,30,31)/t15-,24-/m0/s1. The first-order chi connectivity index (χ1) is 14.9. The van der Waals surface area contributed by atoms with Gasteiger partial charge in [-0.15, -0.1) is 0 Å². The van der Waals surface area contributed by atoms with Crippen molar-refractivity contribution in [3.8, 4) is 11.1 Å². The van der Waals surface area contributed by atoms with E-state index in [1.54, 1.807) is 0 Å². The molecule has 0 fully saturated rings. The van der Waals surface area contributed by atoms with Gasteiger partial charge in [0.2, 0.25) is 0 Å². The number of carboxylic acids is 1. The van der Waals surface area contributed by atoms with Gasteiger partial charge >= 0.3 is 5.97 Å². The predicted molar refractivity (Wildman–Crippen MR) is 131 cm³/mol. The molecule has 5 nitrogen and oxygen atoms in total. The van der Waals surface area contributed by atoms with E-state index < -0.39 is 17.7 Å². The first-order valence-electron chi connectivity index (χ1n) is 11.0. The number of aliphatic carboxylic acids is 1. The molecule has 1 aliphatic heterocycles. The Morgan fingerprint density at radius 2 is 1.84 bits per heavy atom. The number of nitrogens with zero attached hydrogens (tertiary/aromatic N) is 2. The third-order valence-corrected chi connectivity index (χ3v) is 6.63. The van der Waals surface area contributed by atoms with Gasteiger partial charge in [0.05, 0.1) is 16.8 Å². The second-order valence-electron chi connectivity index (χ2n) is 9.84. The smallest absolute Gasteiger partial charge is 0.337 e. The number of hydrogen-bond donors (Lipinski definition) is 1. The SMILES string of the molecule is Cc1c([C@H](OC(C)(C)C)C(=O)O)c(-c2ccc(Cl)cc2)c2cc(C)n3c2c1N(C)[C@@H](C)C3. The number of halogens is 1. The molecule has 0 aliphatic carbocycles. The highest BCUT2D eigenvalue weighted by molar-refractivity contribution is 6.30. The number of likely N-dealkylation sites (N-methyl/N-ethyl adjacent to an activating group) is 1. The summed E-state index contributed by atoms with van der Waals surface area (Å²) in [4.78, 5) is 14.8. The first kappa shape index (κ1) is 22.7. The normalized spacial score (nSPS) is 17.1. The number of anilines is 1. The molecule has 0 saturated heterocycles. The number of ether oxygens (including phenoxy) is 1. The zero-order chi connectivity index (χ0) is 23.5. The molecular formula is C26H31ClN2O3.